The first-order chi connectivity index (χ1) is 9.74. The minimum atomic E-state index is 0.0837. The molecule has 1 saturated carbocycles. The van der Waals surface area contributed by atoms with E-state index in [1.165, 1.54) is 25.7 Å². The van der Waals surface area contributed by atoms with Crippen LogP contribution >= 0.6 is 0 Å². The average molecular weight is 278 g/mol. The number of hydrogen-bond donors (Lipinski definition) is 2. The van der Waals surface area contributed by atoms with Gasteiger partial charge >= 0.3 is 0 Å². The lowest BCUT2D eigenvalue weighted by atomic mass is 9.74. The number of rotatable bonds is 5. The number of nitrogens with zero attached hydrogens (tertiary/aromatic N) is 3. The molecule has 2 heterocycles. The van der Waals surface area contributed by atoms with Crippen LogP contribution < -0.4 is 5.32 Å². The zero-order chi connectivity index (χ0) is 14.0. The zero-order valence-electron chi connectivity index (χ0n) is 12.4. The van der Waals surface area contributed by atoms with Crippen molar-refractivity contribution >= 4 is 0 Å². The number of aromatic nitrogens is 3. The minimum absolute atomic E-state index is 0.0837. The molecule has 0 bridgehead atoms. The standard InChI is InChI=1S/C15H26N4O/c1-12(14-18-17-13-6-5-9-19(13)14)16-10-15(11-20)7-3-2-4-8-15/h12,16,20H,2-11H2,1H3. The third kappa shape index (κ3) is 2.61. The largest absolute Gasteiger partial charge is 0.396 e. The summed E-state index contributed by atoms with van der Waals surface area (Å²) < 4.78 is 2.25. The van der Waals surface area contributed by atoms with Crippen LogP contribution in [0.15, 0.2) is 0 Å². The van der Waals surface area contributed by atoms with Crippen molar-refractivity contribution in [2.45, 2.75) is 64.5 Å². The fourth-order valence-electron chi connectivity index (χ4n) is 3.65. The summed E-state index contributed by atoms with van der Waals surface area (Å²) in [5, 5.41) is 22.0. The monoisotopic (exact) mass is 278 g/mol. The fraction of sp³-hybridized carbons (Fsp3) is 0.867. The molecule has 1 fully saturated rings. The summed E-state index contributed by atoms with van der Waals surface area (Å²) in [6, 6.07) is 0.208. The maximum Gasteiger partial charge on any atom is 0.149 e. The molecule has 5 heteroatoms. The van der Waals surface area contributed by atoms with Gasteiger partial charge in [0.2, 0.25) is 0 Å². The lowest BCUT2D eigenvalue weighted by Crippen LogP contribution is -2.40. The van der Waals surface area contributed by atoms with Crippen molar-refractivity contribution in [3.63, 3.8) is 0 Å². The van der Waals surface area contributed by atoms with Crippen molar-refractivity contribution in [3.05, 3.63) is 11.6 Å². The predicted octanol–water partition coefficient (Wildman–Crippen LogP) is 1.82. The fourth-order valence-corrected chi connectivity index (χ4v) is 3.65. The van der Waals surface area contributed by atoms with Crippen LogP contribution in [0, 0.1) is 5.41 Å². The molecule has 0 saturated heterocycles. The van der Waals surface area contributed by atoms with Crippen LogP contribution in [0.5, 0.6) is 0 Å². The van der Waals surface area contributed by atoms with Crippen molar-refractivity contribution < 1.29 is 5.11 Å². The van der Waals surface area contributed by atoms with Gasteiger partial charge in [0.05, 0.1) is 6.04 Å². The van der Waals surface area contributed by atoms with E-state index >= 15 is 0 Å². The molecule has 0 radical (unpaired) electrons. The predicted molar refractivity (Wildman–Crippen MR) is 77.4 cm³/mol. The van der Waals surface area contributed by atoms with Gasteiger partial charge in [-0.1, -0.05) is 19.3 Å². The van der Waals surface area contributed by atoms with Crippen molar-refractivity contribution in [2.24, 2.45) is 5.41 Å². The molecule has 0 spiro atoms. The van der Waals surface area contributed by atoms with Gasteiger partial charge in [0, 0.05) is 31.5 Å². The Balaban J connectivity index is 1.62. The molecule has 0 amide bonds. The van der Waals surface area contributed by atoms with E-state index in [9.17, 15) is 5.11 Å². The van der Waals surface area contributed by atoms with E-state index in [0.717, 1.165) is 44.0 Å². The molecule has 20 heavy (non-hydrogen) atoms. The summed E-state index contributed by atoms with van der Waals surface area (Å²) in [5.74, 6) is 2.18. The molecule has 1 unspecified atom stereocenters. The molecular formula is C15H26N4O. The molecule has 5 nitrogen and oxygen atoms in total. The van der Waals surface area contributed by atoms with Gasteiger partial charge in [-0.15, -0.1) is 10.2 Å². The van der Waals surface area contributed by atoms with Crippen LogP contribution in [0.25, 0.3) is 0 Å². The second-order valence-electron chi connectivity index (χ2n) is 6.55. The Labute approximate surface area is 120 Å². The summed E-state index contributed by atoms with van der Waals surface area (Å²) in [4.78, 5) is 0. The first-order valence-electron chi connectivity index (χ1n) is 8.00. The van der Waals surface area contributed by atoms with Gasteiger partial charge in [-0.2, -0.15) is 0 Å². The zero-order valence-corrected chi connectivity index (χ0v) is 12.4. The molecule has 2 N–H and O–H groups in total. The van der Waals surface area contributed by atoms with E-state index in [0.29, 0.717) is 6.61 Å². The van der Waals surface area contributed by atoms with Crippen LogP contribution in [0.3, 0.4) is 0 Å². The maximum absolute atomic E-state index is 9.77. The Hall–Kier alpha value is -0.940. The number of fused-ring (bicyclic) bond motifs is 1. The van der Waals surface area contributed by atoms with Gasteiger partial charge < -0.3 is 15.0 Å². The average Bonchev–Trinajstić information content (AvgIpc) is 3.08. The molecule has 1 aliphatic carbocycles. The van der Waals surface area contributed by atoms with E-state index in [1.54, 1.807) is 0 Å². The second-order valence-corrected chi connectivity index (χ2v) is 6.55. The van der Waals surface area contributed by atoms with E-state index in [2.05, 4.69) is 27.0 Å². The third-order valence-corrected chi connectivity index (χ3v) is 5.06. The van der Waals surface area contributed by atoms with Crippen LogP contribution in [0.2, 0.25) is 0 Å². The van der Waals surface area contributed by atoms with Crippen LogP contribution in [0.4, 0.5) is 0 Å². The number of hydrogen-bond acceptors (Lipinski definition) is 4. The molecule has 2 aliphatic rings. The van der Waals surface area contributed by atoms with E-state index in [-0.39, 0.29) is 11.5 Å². The van der Waals surface area contributed by atoms with Crippen LogP contribution in [-0.4, -0.2) is 33.0 Å². The highest BCUT2D eigenvalue weighted by atomic mass is 16.3. The Bertz CT molecular complexity index is 451. The van der Waals surface area contributed by atoms with Gasteiger partial charge in [0.25, 0.3) is 0 Å². The van der Waals surface area contributed by atoms with Gasteiger partial charge in [0.15, 0.2) is 0 Å². The molecule has 1 aliphatic heterocycles. The van der Waals surface area contributed by atoms with Gasteiger partial charge in [-0.05, 0) is 26.2 Å². The number of aliphatic hydroxyl groups is 1. The maximum atomic E-state index is 9.77. The highest BCUT2D eigenvalue weighted by molar-refractivity contribution is 5.04. The SMILES string of the molecule is CC(NCC1(CO)CCCCC1)c1nnc2n1CCC2. The summed E-state index contributed by atoms with van der Waals surface area (Å²) in [6.45, 7) is 4.38. The van der Waals surface area contributed by atoms with Gasteiger partial charge in [-0.25, -0.2) is 0 Å². The molecule has 0 aromatic carbocycles. The van der Waals surface area contributed by atoms with Gasteiger partial charge in [-0.3, -0.25) is 0 Å². The summed E-state index contributed by atoms with van der Waals surface area (Å²) in [6.07, 6.45) is 8.33. The number of aryl methyl sites for hydroxylation is 1. The lowest BCUT2D eigenvalue weighted by Gasteiger charge is -2.36. The van der Waals surface area contributed by atoms with Crippen molar-refractivity contribution in [3.8, 4) is 0 Å². The first-order valence-corrected chi connectivity index (χ1v) is 8.00. The number of aliphatic hydroxyl groups excluding tert-OH is 1. The molecule has 112 valence electrons. The van der Waals surface area contributed by atoms with Crippen molar-refractivity contribution in [1.82, 2.24) is 20.1 Å². The number of nitrogens with one attached hydrogen (secondary N) is 1. The van der Waals surface area contributed by atoms with Crippen molar-refractivity contribution in [1.29, 1.82) is 0 Å². The first kappa shape index (κ1) is 14.0. The van der Waals surface area contributed by atoms with E-state index in [1.807, 2.05) is 0 Å². The summed E-state index contributed by atoms with van der Waals surface area (Å²) in [5.41, 5.74) is 0.0837. The third-order valence-electron chi connectivity index (χ3n) is 5.06. The van der Waals surface area contributed by atoms with Crippen molar-refractivity contribution in [2.75, 3.05) is 13.2 Å². The highest BCUT2D eigenvalue weighted by Crippen LogP contribution is 2.35. The Morgan fingerprint density at radius 1 is 1.25 bits per heavy atom. The highest BCUT2D eigenvalue weighted by Gasteiger charge is 2.32. The normalized spacial score (nSPS) is 22.7. The topological polar surface area (TPSA) is 63.0 Å². The molecule has 1 aromatic heterocycles. The van der Waals surface area contributed by atoms with Crippen LogP contribution in [0.1, 0.15) is 63.1 Å². The lowest BCUT2D eigenvalue weighted by molar-refractivity contribution is 0.0784. The van der Waals surface area contributed by atoms with Gasteiger partial charge in [0.1, 0.15) is 11.6 Å². The summed E-state index contributed by atoms with van der Waals surface area (Å²) >= 11 is 0. The molecular weight excluding hydrogens is 252 g/mol. The quantitative estimate of drug-likeness (QED) is 0.862. The van der Waals surface area contributed by atoms with E-state index in [4.69, 9.17) is 0 Å². The summed E-state index contributed by atoms with van der Waals surface area (Å²) in [7, 11) is 0. The Morgan fingerprint density at radius 3 is 2.80 bits per heavy atom. The minimum Gasteiger partial charge on any atom is -0.396 e. The smallest absolute Gasteiger partial charge is 0.149 e. The Morgan fingerprint density at radius 2 is 2.05 bits per heavy atom. The van der Waals surface area contributed by atoms with E-state index < -0.39 is 0 Å². The Kier molecular flexibility index (Phi) is 4.08. The molecule has 3 rings (SSSR count). The van der Waals surface area contributed by atoms with Crippen LogP contribution in [-0.2, 0) is 13.0 Å². The molecule has 1 atom stereocenters. The second kappa shape index (κ2) is 5.82. The molecule has 1 aromatic rings.